The summed E-state index contributed by atoms with van der Waals surface area (Å²) in [6.45, 7) is -0.548. The Kier molecular flexibility index (Phi) is 6.09. The van der Waals surface area contributed by atoms with E-state index in [4.69, 9.17) is 10.2 Å². The van der Waals surface area contributed by atoms with Crippen molar-refractivity contribution in [2.75, 3.05) is 13.2 Å². The van der Waals surface area contributed by atoms with E-state index < -0.39 is 12.3 Å². The SMILES string of the molecule is O=C(O)OCC#CC#CCOC(=O)O. The van der Waals surface area contributed by atoms with Crippen molar-refractivity contribution >= 4 is 12.3 Å². The Hall–Kier alpha value is -2.34. The zero-order chi connectivity index (χ0) is 10.8. The third kappa shape index (κ3) is 9.66. The quantitative estimate of drug-likeness (QED) is 0.492. The van der Waals surface area contributed by atoms with Crippen LogP contribution < -0.4 is 0 Å². The molecule has 6 nitrogen and oxygen atoms in total. The fraction of sp³-hybridized carbons (Fsp3) is 0.250. The molecule has 0 unspecified atom stereocenters. The first-order valence-corrected chi connectivity index (χ1v) is 3.30. The summed E-state index contributed by atoms with van der Waals surface area (Å²) in [7, 11) is 0. The second-order valence-corrected chi connectivity index (χ2v) is 1.71. The van der Waals surface area contributed by atoms with Crippen molar-refractivity contribution in [1.29, 1.82) is 0 Å². The van der Waals surface area contributed by atoms with Crippen LogP contribution in [0.3, 0.4) is 0 Å². The van der Waals surface area contributed by atoms with E-state index >= 15 is 0 Å². The average molecular weight is 198 g/mol. The standard InChI is InChI=1S/C8H6O6/c9-7(10)13-5-3-1-2-4-6-14-8(11)12/h5-6H2,(H,9,10)(H,11,12). The summed E-state index contributed by atoms with van der Waals surface area (Å²) in [5, 5.41) is 16.0. The molecule has 0 heterocycles. The Labute approximate surface area is 79.4 Å². The number of carbonyl (C=O) groups is 2. The highest BCUT2D eigenvalue weighted by Crippen LogP contribution is 1.73. The third-order valence-electron chi connectivity index (χ3n) is 0.775. The third-order valence-corrected chi connectivity index (χ3v) is 0.775. The maximum Gasteiger partial charge on any atom is 0.506 e. The highest BCUT2D eigenvalue weighted by Gasteiger charge is 1.90. The smallest absolute Gasteiger partial charge is 0.450 e. The molecule has 2 N–H and O–H groups in total. The van der Waals surface area contributed by atoms with Crippen LogP contribution in [0.5, 0.6) is 0 Å². The van der Waals surface area contributed by atoms with Gasteiger partial charge in [-0.05, 0) is 23.7 Å². The maximum absolute atomic E-state index is 9.80. The maximum atomic E-state index is 9.80. The predicted octanol–water partition coefficient (Wildman–Crippen LogP) is 0.382. The van der Waals surface area contributed by atoms with Crippen molar-refractivity contribution in [1.82, 2.24) is 0 Å². The Balaban J connectivity index is 3.58. The molecule has 0 spiro atoms. The molecule has 74 valence electrons. The second kappa shape index (κ2) is 7.32. The van der Waals surface area contributed by atoms with Crippen LogP contribution in [0.25, 0.3) is 0 Å². The number of ether oxygens (including phenoxy) is 2. The number of carboxylic acid groups (broad SMARTS) is 2. The van der Waals surface area contributed by atoms with Crippen molar-refractivity contribution < 1.29 is 29.3 Å². The molecule has 14 heavy (non-hydrogen) atoms. The molecule has 0 aliphatic heterocycles. The zero-order valence-corrected chi connectivity index (χ0v) is 6.94. The van der Waals surface area contributed by atoms with Crippen molar-refractivity contribution in [3.63, 3.8) is 0 Å². The van der Waals surface area contributed by atoms with Gasteiger partial charge in [-0.1, -0.05) is 0 Å². The van der Waals surface area contributed by atoms with E-state index in [1.54, 1.807) is 0 Å². The molecular weight excluding hydrogens is 192 g/mol. The van der Waals surface area contributed by atoms with Crippen LogP contribution in [0.15, 0.2) is 0 Å². The fourth-order valence-corrected chi connectivity index (χ4v) is 0.356. The summed E-state index contributed by atoms with van der Waals surface area (Å²) in [6.07, 6.45) is -2.83. The number of hydrogen-bond acceptors (Lipinski definition) is 4. The summed E-state index contributed by atoms with van der Waals surface area (Å²) in [6, 6.07) is 0. The van der Waals surface area contributed by atoms with Gasteiger partial charge in [0.05, 0.1) is 0 Å². The van der Waals surface area contributed by atoms with Gasteiger partial charge in [-0.3, -0.25) is 0 Å². The molecule has 0 rings (SSSR count). The molecule has 0 bridgehead atoms. The molecule has 0 saturated carbocycles. The summed E-state index contributed by atoms with van der Waals surface area (Å²) in [5.41, 5.74) is 0. The molecule has 0 radical (unpaired) electrons. The zero-order valence-electron chi connectivity index (χ0n) is 6.94. The van der Waals surface area contributed by atoms with Crippen LogP contribution in [-0.4, -0.2) is 35.7 Å². The molecule has 0 atom stereocenters. The Morgan fingerprint density at radius 2 is 1.29 bits per heavy atom. The van der Waals surface area contributed by atoms with E-state index in [0.29, 0.717) is 0 Å². The second-order valence-electron chi connectivity index (χ2n) is 1.71. The van der Waals surface area contributed by atoms with Gasteiger partial charge in [-0.2, -0.15) is 0 Å². The van der Waals surface area contributed by atoms with Crippen LogP contribution in [0.4, 0.5) is 9.59 Å². The summed E-state index contributed by atoms with van der Waals surface area (Å²) in [4.78, 5) is 19.6. The van der Waals surface area contributed by atoms with Gasteiger partial charge in [-0.15, -0.1) is 0 Å². The van der Waals surface area contributed by atoms with E-state index in [2.05, 4.69) is 33.2 Å². The minimum atomic E-state index is -1.42. The van der Waals surface area contributed by atoms with Gasteiger partial charge < -0.3 is 19.7 Å². The molecule has 0 aliphatic rings. The van der Waals surface area contributed by atoms with Gasteiger partial charge in [-0.25, -0.2) is 9.59 Å². The monoisotopic (exact) mass is 198 g/mol. The van der Waals surface area contributed by atoms with Gasteiger partial charge in [0.2, 0.25) is 0 Å². The minimum Gasteiger partial charge on any atom is -0.450 e. The molecular formula is C8H6O6. The Morgan fingerprint density at radius 1 is 0.929 bits per heavy atom. The molecule has 6 heteroatoms. The van der Waals surface area contributed by atoms with Crippen LogP contribution in [0, 0.1) is 23.7 Å². The first kappa shape index (κ1) is 11.7. The molecule has 0 amide bonds. The lowest BCUT2D eigenvalue weighted by Crippen LogP contribution is -1.99. The molecule has 0 aliphatic carbocycles. The number of rotatable bonds is 2. The largest absolute Gasteiger partial charge is 0.506 e. The lowest BCUT2D eigenvalue weighted by molar-refractivity contribution is 0.102. The Morgan fingerprint density at radius 3 is 1.57 bits per heavy atom. The van der Waals surface area contributed by atoms with E-state index in [0.717, 1.165) is 0 Å². The molecule has 0 aromatic carbocycles. The van der Waals surface area contributed by atoms with E-state index in [1.165, 1.54) is 0 Å². The van der Waals surface area contributed by atoms with Gasteiger partial charge >= 0.3 is 12.3 Å². The number of hydrogen-bond donors (Lipinski definition) is 2. The van der Waals surface area contributed by atoms with E-state index in [1.807, 2.05) is 0 Å². The van der Waals surface area contributed by atoms with Crippen LogP contribution >= 0.6 is 0 Å². The van der Waals surface area contributed by atoms with Gasteiger partial charge in [0.25, 0.3) is 0 Å². The highest BCUT2D eigenvalue weighted by molar-refractivity contribution is 5.57. The van der Waals surface area contributed by atoms with Crippen molar-refractivity contribution in [2.24, 2.45) is 0 Å². The summed E-state index contributed by atoms with van der Waals surface area (Å²) < 4.78 is 8.07. The first-order chi connectivity index (χ1) is 6.63. The van der Waals surface area contributed by atoms with E-state index in [9.17, 15) is 9.59 Å². The first-order valence-electron chi connectivity index (χ1n) is 3.30. The lowest BCUT2D eigenvalue weighted by Gasteiger charge is -1.88. The molecule has 0 aromatic rings. The van der Waals surface area contributed by atoms with Crippen molar-refractivity contribution in [3.8, 4) is 23.7 Å². The van der Waals surface area contributed by atoms with Crippen LogP contribution in [0.2, 0.25) is 0 Å². The average Bonchev–Trinajstić information content (AvgIpc) is 2.08. The fourth-order valence-electron chi connectivity index (χ4n) is 0.356. The van der Waals surface area contributed by atoms with Crippen LogP contribution in [-0.2, 0) is 9.47 Å². The van der Waals surface area contributed by atoms with Gasteiger partial charge in [0.15, 0.2) is 13.2 Å². The summed E-state index contributed by atoms with van der Waals surface area (Å²) >= 11 is 0. The van der Waals surface area contributed by atoms with Gasteiger partial charge in [0, 0.05) is 0 Å². The predicted molar refractivity (Wildman–Crippen MR) is 43.5 cm³/mol. The topological polar surface area (TPSA) is 93.1 Å². The molecule has 0 fully saturated rings. The Bertz CT molecular complexity index is 289. The molecule has 0 aromatic heterocycles. The van der Waals surface area contributed by atoms with E-state index in [-0.39, 0.29) is 13.2 Å². The highest BCUT2D eigenvalue weighted by atomic mass is 16.7. The lowest BCUT2D eigenvalue weighted by atomic mass is 10.5. The normalized spacial score (nSPS) is 7.14. The van der Waals surface area contributed by atoms with Crippen molar-refractivity contribution in [2.45, 2.75) is 0 Å². The van der Waals surface area contributed by atoms with Crippen LogP contribution in [0.1, 0.15) is 0 Å². The molecule has 0 saturated heterocycles. The van der Waals surface area contributed by atoms with Crippen molar-refractivity contribution in [3.05, 3.63) is 0 Å². The summed E-state index contributed by atoms with van der Waals surface area (Å²) in [5.74, 6) is 9.03. The van der Waals surface area contributed by atoms with Gasteiger partial charge in [0.1, 0.15) is 0 Å². The minimum absolute atomic E-state index is 0.274.